The Labute approximate surface area is 117 Å². The van der Waals surface area contributed by atoms with E-state index < -0.39 is 4.92 Å². The molecule has 2 N–H and O–H groups in total. The van der Waals surface area contributed by atoms with Crippen LogP contribution in [0.1, 0.15) is 36.5 Å². The van der Waals surface area contributed by atoms with Gasteiger partial charge in [-0.1, -0.05) is 6.92 Å². The number of nitro groups is 1. The molecule has 6 heteroatoms. The fourth-order valence-electron chi connectivity index (χ4n) is 2.63. The predicted molar refractivity (Wildman–Crippen MR) is 76.9 cm³/mol. The monoisotopic (exact) mass is 277 g/mol. The number of nitrogens with one attached hydrogen (secondary N) is 2. The zero-order valence-corrected chi connectivity index (χ0v) is 11.7. The molecule has 1 aliphatic rings. The summed E-state index contributed by atoms with van der Waals surface area (Å²) in [7, 11) is 1.71. The highest BCUT2D eigenvalue weighted by molar-refractivity contribution is 5.99. The summed E-state index contributed by atoms with van der Waals surface area (Å²) in [6.07, 6.45) is 2.96. The smallest absolute Gasteiger partial charge is 0.282 e. The van der Waals surface area contributed by atoms with Gasteiger partial charge >= 0.3 is 0 Å². The molecule has 2 rings (SSSR count). The Hall–Kier alpha value is -2.11. The van der Waals surface area contributed by atoms with Crippen LogP contribution in [0.3, 0.4) is 0 Å². The van der Waals surface area contributed by atoms with Crippen molar-refractivity contribution in [1.82, 2.24) is 5.32 Å². The highest BCUT2D eigenvalue weighted by Gasteiger charge is 2.26. The first kappa shape index (κ1) is 14.3. The molecule has 0 heterocycles. The Bertz CT molecular complexity index is 530. The lowest BCUT2D eigenvalue weighted by Crippen LogP contribution is -2.33. The lowest BCUT2D eigenvalue weighted by atomic mass is 10.1. The number of hydrogen-bond acceptors (Lipinski definition) is 4. The van der Waals surface area contributed by atoms with Gasteiger partial charge in [-0.3, -0.25) is 14.9 Å². The Balaban J connectivity index is 2.21. The summed E-state index contributed by atoms with van der Waals surface area (Å²) in [5.41, 5.74) is 0.634. The molecule has 20 heavy (non-hydrogen) atoms. The minimum Gasteiger partial charge on any atom is -0.388 e. The highest BCUT2D eigenvalue weighted by Crippen LogP contribution is 2.26. The van der Waals surface area contributed by atoms with E-state index in [2.05, 4.69) is 17.6 Å². The van der Waals surface area contributed by atoms with Gasteiger partial charge in [0.2, 0.25) is 0 Å². The Morgan fingerprint density at radius 3 is 2.70 bits per heavy atom. The standard InChI is InChI=1S/C14H19N3O3/c1-9-3-4-11(7-9)16-14(18)12-8-10(15-2)5-6-13(12)17(19)20/h5-6,8-9,11,15H,3-4,7H2,1-2H3,(H,16,18). The van der Waals surface area contributed by atoms with Crippen molar-refractivity contribution in [3.8, 4) is 0 Å². The molecule has 1 fully saturated rings. The molecule has 6 nitrogen and oxygen atoms in total. The van der Waals surface area contributed by atoms with Crippen LogP contribution in [0.2, 0.25) is 0 Å². The normalized spacial score (nSPS) is 21.5. The molecular weight excluding hydrogens is 258 g/mol. The third kappa shape index (κ3) is 3.07. The van der Waals surface area contributed by atoms with Gasteiger partial charge < -0.3 is 10.6 Å². The Kier molecular flexibility index (Phi) is 4.22. The van der Waals surface area contributed by atoms with Gasteiger partial charge in [-0.25, -0.2) is 0 Å². The van der Waals surface area contributed by atoms with E-state index in [-0.39, 0.29) is 23.2 Å². The molecule has 108 valence electrons. The van der Waals surface area contributed by atoms with E-state index in [1.807, 2.05) is 0 Å². The summed E-state index contributed by atoms with van der Waals surface area (Å²) < 4.78 is 0. The maximum Gasteiger partial charge on any atom is 0.282 e. The van der Waals surface area contributed by atoms with Gasteiger partial charge in [0, 0.05) is 24.8 Å². The number of hydrogen-bond donors (Lipinski definition) is 2. The molecule has 0 aromatic heterocycles. The fraction of sp³-hybridized carbons (Fsp3) is 0.500. The van der Waals surface area contributed by atoms with E-state index in [4.69, 9.17) is 0 Å². The van der Waals surface area contributed by atoms with E-state index in [1.165, 1.54) is 12.1 Å². The van der Waals surface area contributed by atoms with Crippen LogP contribution in [-0.2, 0) is 0 Å². The summed E-state index contributed by atoms with van der Waals surface area (Å²) in [5.74, 6) is 0.229. The van der Waals surface area contributed by atoms with E-state index in [0.717, 1.165) is 19.3 Å². The predicted octanol–water partition coefficient (Wildman–Crippen LogP) is 2.55. The summed E-state index contributed by atoms with van der Waals surface area (Å²) in [4.78, 5) is 22.8. The van der Waals surface area contributed by atoms with Crippen LogP contribution in [0.5, 0.6) is 0 Å². The molecule has 0 bridgehead atoms. The summed E-state index contributed by atoms with van der Waals surface area (Å²) in [6.45, 7) is 2.15. The Morgan fingerprint density at radius 1 is 1.40 bits per heavy atom. The molecule has 2 atom stereocenters. The molecule has 2 unspecified atom stereocenters. The molecular formula is C14H19N3O3. The lowest BCUT2D eigenvalue weighted by molar-refractivity contribution is -0.385. The van der Waals surface area contributed by atoms with Crippen molar-refractivity contribution in [3.63, 3.8) is 0 Å². The molecule has 0 saturated heterocycles. The average molecular weight is 277 g/mol. The number of benzene rings is 1. The average Bonchev–Trinajstić information content (AvgIpc) is 2.83. The van der Waals surface area contributed by atoms with Gasteiger partial charge in [0.25, 0.3) is 11.6 Å². The van der Waals surface area contributed by atoms with Crippen molar-refractivity contribution in [2.75, 3.05) is 12.4 Å². The van der Waals surface area contributed by atoms with Gasteiger partial charge in [0.1, 0.15) is 5.56 Å². The number of rotatable bonds is 4. The van der Waals surface area contributed by atoms with Gasteiger partial charge in [-0.2, -0.15) is 0 Å². The van der Waals surface area contributed by atoms with Crippen LogP contribution in [0, 0.1) is 16.0 Å². The van der Waals surface area contributed by atoms with Gasteiger partial charge in [-0.15, -0.1) is 0 Å². The zero-order valence-electron chi connectivity index (χ0n) is 11.7. The fourth-order valence-corrected chi connectivity index (χ4v) is 2.63. The number of carbonyl (C=O) groups excluding carboxylic acids is 1. The van der Waals surface area contributed by atoms with Crippen LogP contribution in [0.4, 0.5) is 11.4 Å². The van der Waals surface area contributed by atoms with Gasteiger partial charge in [0.05, 0.1) is 4.92 Å². The molecule has 0 aliphatic heterocycles. The van der Waals surface area contributed by atoms with E-state index >= 15 is 0 Å². The van der Waals surface area contributed by atoms with Crippen molar-refractivity contribution in [2.45, 2.75) is 32.2 Å². The molecule has 1 saturated carbocycles. The number of nitrogens with zero attached hydrogens (tertiary/aromatic N) is 1. The second kappa shape index (κ2) is 5.90. The molecule has 1 aliphatic carbocycles. The van der Waals surface area contributed by atoms with E-state index in [9.17, 15) is 14.9 Å². The topological polar surface area (TPSA) is 84.3 Å². The lowest BCUT2D eigenvalue weighted by Gasteiger charge is -2.13. The highest BCUT2D eigenvalue weighted by atomic mass is 16.6. The third-order valence-electron chi connectivity index (χ3n) is 3.76. The van der Waals surface area contributed by atoms with Gasteiger partial charge in [0.15, 0.2) is 0 Å². The number of nitro benzene ring substituents is 1. The number of amides is 1. The molecule has 1 aromatic rings. The minimum atomic E-state index is -0.522. The maximum atomic E-state index is 12.3. The first-order valence-corrected chi connectivity index (χ1v) is 6.78. The van der Waals surface area contributed by atoms with Crippen molar-refractivity contribution < 1.29 is 9.72 Å². The number of anilines is 1. The first-order valence-electron chi connectivity index (χ1n) is 6.78. The third-order valence-corrected chi connectivity index (χ3v) is 3.76. The quantitative estimate of drug-likeness (QED) is 0.654. The summed E-state index contributed by atoms with van der Waals surface area (Å²) >= 11 is 0. The van der Waals surface area contributed by atoms with E-state index in [1.54, 1.807) is 13.1 Å². The molecule has 1 amide bonds. The summed E-state index contributed by atoms with van der Waals surface area (Å²) in [5, 5.41) is 16.8. The van der Waals surface area contributed by atoms with Crippen molar-refractivity contribution in [1.29, 1.82) is 0 Å². The number of carbonyl (C=O) groups is 1. The zero-order chi connectivity index (χ0) is 14.7. The second-order valence-corrected chi connectivity index (χ2v) is 5.33. The first-order chi connectivity index (χ1) is 9.51. The molecule has 0 spiro atoms. The van der Waals surface area contributed by atoms with Crippen LogP contribution < -0.4 is 10.6 Å². The van der Waals surface area contributed by atoms with Gasteiger partial charge in [-0.05, 0) is 37.3 Å². The van der Waals surface area contributed by atoms with Crippen LogP contribution in [0.25, 0.3) is 0 Å². The van der Waals surface area contributed by atoms with Crippen LogP contribution in [0.15, 0.2) is 18.2 Å². The minimum absolute atomic E-state index is 0.112. The van der Waals surface area contributed by atoms with E-state index in [0.29, 0.717) is 11.6 Å². The maximum absolute atomic E-state index is 12.3. The molecule has 1 aromatic carbocycles. The van der Waals surface area contributed by atoms with Crippen molar-refractivity contribution in [3.05, 3.63) is 33.9 Å². The van der Waals surface area contributed by atoms with Crippen molar-refractivity contribution in [2.24, 2.45) is 5.92 Å². The Morgan fingerprint density at radius 2 is 2.15 bits per heavy atom. The SMILES string of the molecule is CNc1ccc([N+](=O)[O-])c(C(=O)NC2CCC(C)C2)c1. The van der Waals surface area contributed by atoms with Crippen LogP contribution >= 0.6 is 0 Å². The van der Waals surface area contributed by atoms with Crippen molar-refractivity contribution >= 4 is 17.3 Å². The second-order valence-electron chi connectivity index (χ2n) is 5.33. The largest absolute Gasteiger partial charge is 0.388 e. The summed E-state index contributed by atoms with van der Waals surface area (Å²) in [6, 6.07) is 4.59. The molecule has 0 radical (unpaired) electrons. The van der Waals surface area contributed by atoms with Crippen LogP contribution in [-0.4, -0.2) is 23.9 Å².